The Morgan fingerprint density at radius 2 is 2.38 bits per heavy atom. The summed E-state index contributed by atoms with van der Waals surface area (Å²) in [6.07, 6.45) is 1.21. The minimum atomic E-state index is -0.820. The zero-order chi connectivity index (χ0) is 14.8. The van der Waals surface area contributed by atoms with Crippen LogP contribution in [-0.2, 0) is 11.3 Å². The van der Waals surface area contributed by atoms with E-state index in [-0.39, 0.29) is 5.75 Å². The number of carbonyl (C=O) groups is 1. The second-order valence-corrected chi connectivity index (χ2v) is 7.30. The molecule has 3 rings (SSSR count). The molecule has 1 atom stereocenters. The Hall–Kier alpha value is -1.21. The van der Waals surface area contributed by atoms with Crippen molar-refractivity contribution in [3.63, 3.8) is 0 Å². The molecule has 21 heavy (non-hydrogen) atoms. The summed E-state index contributed by atoms with van der Waals surface area (Å²) in [5.74, 6) is 2.20. The highest BCUT2D eigenvalue weighted by Gasteiger charge is 2.21. The van der Waals surface area contributed by atoms with Gasteiger partial charge in [0, 0.05) is 12.2 Å². The predicted molar refractivity (Wildman–Crippen MR) is 86.1 cm³/mol. The highest BCUT2D eigenvalue weighted by atomic mass is 32.2. The van der Waals surface area contributed by atoms with E-state index in [4.69, 9.17) is 5.11 Å². The van der Waals surface area contributed by atoms with Crippen LogP contribution in [-0.4, -0.2) is 42.9 Å². The van der Waals surface area contributed by atoms with Gasteiger partial charge in [-0.15, -0.1) is 0 Å². The zero-order valence-corrected chi connectivity index (χ0v) is 13.4. The second kappa shape index (κ2) is 6.27. The SMILES string of the molecule is Cc1ccc2nc(SCC(=O)O)n(CC3CCSC3)c2n1. The van der Waals surface area contributed by atoms with Crippen molar-refractivity contribution in [3.8, 4) is 0 Å². The maximum atomic E-state index is 10.8. The molecular formula is C14H17N3O2S2. The van der Waals surface area contributed by atoms with Crippen molar-refractivity contribution in [1.82, 2.24) is 14.5 Å². The molecule has 2 aromatic heterocycles. The molecule has 1 aliphatic heterocycles. The summed E-state index contributed by atoms with van der Waals surface area (Å²) < 4.78 is 2.10. The van der Waals surface area contributed by atoms with Crippen molar-refractivity contribution in [3.05, 3.63) is 17.8 Å². The number of carboxylic acids is 1. The fourth-order valence-electron chi connectivity index (χ4n) is 2.46. The van der Waals surface area contributed by atoms with Crippen molar-refractivity contribution in [2.45, 2.75) is 25.0 Å². The molecule has 0 amide bonds. The van der Waals surface area contributed by atoms with Gasteiger partial charge in [0.1, 0.15) is 5.52 Å². The van der Waals surface area contributed by atoms with Crippen molar-refractivity contribution >= 4 is 40.7 Å². The van der Waals surface area contributed by atoms with Gasteiger partial charge in [-0.25, -0.2) is 9.97 Å². The van der Waals surface area contributed by atoms with E-state index in [1.807, 2.05) is 30.8 Å². The molecule has 0 aromatic carbocycles. The smallest absolute Gasteiger partial charge is 0.313 e. The van der Waals surface area contributed by atoms with E-state index in [1.165, 1.54) is 23.9 Å². The van der Waals surface area contributed by atoms with E-state index in [0.717, 1.165) is 34.3 Å². The first-order valence-electron chi connectivity index (χ1n) is 6.89. The lowest BCUT2D eigenvalue weighted by Crippen LogP contribution is -2.12. The fourth-order valence-corrected chi connectivity index (χ4v) is 4.47. The van der Waals surface area contributed by atoms with E-state index in [0.29, 0.717) is 5.92 Å². The Labute approximate surface area is 131 Å². The Morgan fingerprint density at radius 1 is 1.52 bits per heavy atom. The third kappa shape index (κ3) is 3.35. The normalized spacial score (nSPS) is 18.4. The van der Waals surface area contributed by atoms with Crippen molar-refractivity contribution < 1.29 is 9.90 Å². The molecule has 1 saturated heterocycles. The minimum absolute atomic E-state index is 0.0295. The molecule has 0 saturated carbocycles. The number of imidazole rings is 1. The molecule has 0 radical (unpaired) electrons. The summed E-state index contributed by atoms with van der Waals surface area (Å²) in [4.78, 5) is 20.0. The van der Waals surface area contributed by atoms with Crippen LogP contribution in [0.15, 0.2) is 17.3 Å². The van der Waals surface area contributed by atoms with Gasteiger partial charge in [-0.3, -0.25) is 4.79 Å². The maximum Gasteiger partial charge on any atom is 0.313 e. The lowest BCUT2D eigenvalue weighted by molar-refractivity contribution is -0.133. The summed E-state index contributed by atoms with van der Waals surface area (Å²) in [5.41, 5.74) is 2.68. The van der Waals surface area contributed by atoms with Gasteiger partial charge in [-0.05, 0) is 42.9 Å². The van der Waals surface area contributed by atoms with E-state index >= 15 is 0 Å². The van der Waals surface area contributed by atoms with E-state index in [9.17, 15) is 4.79 Å². The third-order valence-electron chi connectivity index (χ3n) is 3.49. The molecule has 1 N–H and O–H groups in total. The molecule has 0 bridgehead atoms. The van der Waals surface area contributed by atoms with Crippen LogP contribution in [0, 0.1) is 12.8 Å². The van der Waals surface area contributed by atoms with Crippen LogP contribution in [0.4, 0.5) is 0 Å². The van der Waals surface area contributed by atoms with E-state index in [2.05, 4.69) is 14.5 Å². The topological polar surface area (TPSA) is 68.0 Å². The summed E-state index contributed by atoms with van der Waals surface area (Å²) in [6, 6.07) is 3.90. The number of hydrogen-bond donors (Lipinski definition) is 1. The standard InChI is InChI=1S/C14H17N3O2S2/c1-9-2-3-11-13(15-9)17(6-10-4-5-20-7-10)14(16-11)21-8-12(18)19/h2-3,10H,4-8H2,1H3,(H,18,19). The first-order chi connectivity index (χ1) is 10.1. The lowest BCUT2D eigenvalue weighted by atomic mass is 10.1. The molecule has 2 aromatic rings. The Morgan fingerprint density at radius 3 is 3.10 bits per heavy atom. The lowest BCUT2D eigenvalue weighted by Gasteiger charge is -2.12. The van der Waals surface area contributed by atoms with Crippen molar-refractivity contribution in [2.24, 2.45) is 5.92 Å². The molecular weight excluding hydrogens is 306 g/mol. The first kappa shape index (κ1) is 14.7. The molecule has 1 unspecified atom stereocenters. The van der Waals surface area contributed by atoms with Gasteiger partial charge < -0.3 is 9.67 Å². The number of fused-ring (bicyclic) bond motifs is 1. The fraction of sp³-hybridized carbons (Fsp3) is 0.500. The average Bonchev–Trinajstić information content (AvgIpc) is 3.06. The van der Waals surface area contributed by atoms with Gasteiger partial charge in [0.2, 0.25) is 0 Å². The van der Waals surface area contributed by atoms with Crippen LogP contribution in [0.3, 0.4) is 0 Å². The van der Waals surface area contributed by atoms with Gasteiger partial charge >= 0.3 is 5.97 Å². The average molecular weight is 323 g/mol. The summed E-state index contributed by atoms with van der Waals surface area (Å²) in [7, 11) is 0. The minimum Gasteiger partial charge on any atom is -0.481 e. The van der Waals surface area contributed by atoms with Crippen LogP contribution < -0.4 is 0 Å². The van der Waals surface area contributed by atoms with Gasteiger partial charge in [0.05, 0.1) is 5.75 Å². The number of thioether (sulfide) groups is 2. The Bertz CT molecular complexity index is 666. The first-order valence-corrected chi connectivity index (χ1v) is 9.04. The largest absolute Gasteiger partial charge is 0.481 e. The number of pyridine rings is 1. The number of rotatable bonds is 5. The van der Waals surface area contributed by atoms with Gasteiger partial charge in [-0.2, -0.15) is 11.8 Å². The molecule has 0 aliphatic carbocycles. The van der Waals surface area contributed by atoms with Gasteiger partial charge in [0.25, 0.3) is 0 Å². The summed E-state index contributed by atoms with van der Waals surface area (Å²) in [6.45, 7) is 2.84. The van der Waals surface area contributed by atoms with Crippen LogP contribution in [0.1, 0.15) is 12.1 Å². The monoisotopic (exact) mass is 323 g/mol. The molecule has 1 fully saturated rings. The molecule has 112 valence electrons. The van der Waals surface area contributed by atoms with Crippen LogP contribution in [0.2, 0.25) is 0 Å². The third-order valence-corrected chi connectivity index (χ3v) is 5.68. The van der Waals surface area contributed by atoms with Gasteiger partial charge in [-0.1, -0.05) is 11.8 Å². The quantitative estimate of drug-likeness (QED) is 0.853. The predicted octanol–water partition coefficient (Wildman–Crippen LogP) is 2.67. The van der Waals surface area contributed by atoms with Crippen molar-refractivity contribution in [1.29, 1.82) is 0 Å². The van der Waals surface area contributed by atoms with Crippen molar-refractivity contribution in [2.75, 3.05) is 17.3 Å². The van der Waals surface area contributed by atoms with E-state index < -0.39 is 5.97 Å². The van der Waals surface area contributed by atoms with Crippen LogP contribution in [0.25, 0.3) is 11.2 Å². The molecule has 5 nitrogen and oxygen atoms in total. The summed E-state index contributed by atoms with van der Waals surface area (Å²) in [5, 5.41) is 9.66. The maximum absolute atomic E-state index is 10.8. The number of hydrogen-bond acceptors (Lipinski definition) is 5. The van der Waals surface area contributed by atoms with Crippen LogP contribution in [0.5, 0.6) is 0 Å². The number of aromatic nitrogens is 3. The molecule has 7 heteroatoms. The molecule has 3 heterocycles. The second-order valence-electron chi connectivity index (χ2n) is 5.21. The molecule has 0 spiro atoms. The Balaban J connectivity index is 1.96. The highest BCUT2D eigenvalue weighted by Crippen LogP contribution is 2.29. The van der Waals surface area contributed by atoms with E-state index in [1.54, 1.807) is 0 Å². The van der Waals surface area contributed by atoms with Crippen LogP contribution >= 0.6 is 23.5 Å². The number of nitrogens with zero attached hydrogens (tertiary/aromatic N) is 3. The molecule has 1 aliphatic rings. The summed E-state index contributed by atoms with van der Waals surface area (Å²) >= 11 is 3.26. The number of aliphatic carboxylic acids is 1. The number of aryl methyl sites for hydroxylation is 1. The van der Waals surface area contributed by atoms with Gasteiger partial charge in [0.15, 0.2) is 10.8 Å². The number of carboxylic acid groups (broad SMARTS) is 1. The Kier molecular flexibility index (Phi) is 4.40. The zero-order valence-electron chi connectivity index (χ0n) is 11.8. The highest BCUT2D eigenvalue weighted by molar-refractivity contribution is 7.99.